The second kappa shape index (κ2) is 7.14. The molecule has 0 aliphatic heterocycles. The summed E-state index contributed by atoms with van der Waals surface area (Å²) in [7, 11) is 1.57. The highest BCUT2D eigenvalue weighted by molar-refractivity contribution is 6.42. The molecule has 3 N–H and O–H groups in total. The van der Waals surface area contributed by atoms with E-state index in [0.29, 0.717) is 21.4 Å². The van der Waals surface area contributed by atoms with Crippen LogP contribution in [0.1, 0.15) is 23.1 Å². The molecule has 0 spiro atoms. The van der Waals surface area contributed by atoms with Crippen LogP contribution in [-0.2, 0) is 0 Å². The fraction of sp³-hybridized carbons (Fsp3) is 0.250. The molecule has 0 amide bonds. The highest BCUT2D eigenvalue weighted by Gasteiger charge is 2.24. The van der Waals surface area contributed by atoms with Gasteiger partial charge in [0.1, 0.15) is 5.75 Å². The summed E-state index contributed by atoms with van der Waals surface area (Å²) in [6.07, 6.45) is -0.789. The van der Waals surface area contributed by atoms with Crippen molar-refractivity contribution in [2.24, 2.45) is 5.73 Å². The molecule has 0 bridgehead atoms. The Bertz CT molecular complexity index is 619. The Balaban J connectivity index is 2.38. The first-order chi connectivity index (χ1) is 10.1. The zero-order chi connectivity index (χ0) is 15.4. The Hall–Kier alpha value is -1.26. The molecule has 2 atom stereocenters. The van der Waals surface area contributed by atoms with Crippen LogP contribution in [0.5, 0.6) is 5.75 Å². The molecular formula is C16H17Cl2NO2. The number of nitrogens with two attached hydrogens (primary N) is 1. The minimum absolute atomic E-state index is 0.275. The second-order valence-corrected chi connectivity index (χ2v) is 5.52. The largest absolute Gasteiger partial charge is 0.496 e. The number of hydrogen-bond acceptors (Lipinski definition) is 3. The summed E-state index contributed by atoms with van der Waals surface area (Å²) in [5, 5.41) is 11.6. The van der Waals surface area contributed by atoms with Crippen LogP contribution in [-0.4, -0.2) is 18.8 Å². The van der Waals surface area contributed by atoms with E-state index in [9.17, 15) is 5.11 Å². The Labute approximate surface area is 134 Å². The van der Waals surface area contributed by atoms with Gasteiger partial charge in [-0.05, 0) is 23.8 Å². The first-order valence-electron chi connectivity index (χ1n) is 6.54. The molecule has 5 heteroatoms. The molecule has 112 valence electrons. The molecule has 2 aromatic rings. The second-order valence-electron chi connectivity index (χ2n) is 4.70. The van der Waals surface area contributed by atoms with Crippen molar-refractivity contribution in [3.63, 3.8) is 0 Å². The van der Waals surface area contributed by atoms with Gasteiger partial charge in [0, 0.05) is 18.0 Å². The van der Waals surface area contributed by atoms with E-state index in [1.807, 2.05) is 24.3 Å². The summed E-state index contributed by atoms with van der Waals surface area (Å²) in [5.74, 6) is 0.333. The standard InChI is InChI=1S/C16H17Cl2NO2/c1-21-15-5-3-2-4-11(15)16(20)12(9-19)10-6-7-13(17)14(18)8-10/h2-8,12,16,20H,9,19H2,1H3. The average Bonchev–Trinajstić information content (AvgIpc) is 2.51. The maximum Gasteiger partial charge on any atom is 0.124 e. The molecule has 2 rings (SSSR count). The van der Waals surface area contributed by atoms with Crippen LogP contribution in [0.4, 0.5) is 0 Å². The van der Waals surface area contributed by atoms with E-state index in [1.165, 1.54) is 0 Å². The van der Waals surface area contributed by atoms with Crippen LogP contribution in [0.15, 0.2) is 42.5 Å². The van der Waals surface area contributed by atoms with E-state index in [2.05, 4.69) is 0 Å². The SMILES string of the molecule is COc1ccccc1C(O)C(CN)c1ccc(Cl)c(Cl)c1. The third-order valence-electron chi connectivity index (χ3n) is 3.46. The molecule has 3 nitrogen and oxygen atoms in total. The Kier molecular flexibility index (Phi) is 5.48. The molecule has 0 heterocycles. The van der Waals surface area contributed by atoms with Crippen molar-refractivity contribution in [2.45, 2.75) is 12.0 Å². The lowest BCUT2D eigenvalue weighted by Gasteiger charge is -2.24. The zero-order valence-corrected chi connectivity index (χ0v) is 13.1. The van der Waals surface area contributed by atoms with Gasteiger partial charge in [-0.15, -0.1) is 0 Å². The minimum Gasteiger partial charge on any atom is -0.496 e. The van der Waals surface area contributed by atoms with Gasteiger partial charge >= 0.3 is 0 Å². The number of aliphatic hydroxyl groups excluding tert-OH is 1. The highest BCUT2D eigenvalue weighted by atomic mass is 35.5. The van der Waals surface area contributed by atoms with E-state index < -0.39 is 6.10 Å². The topological polar surface area (TPSA) is 55.5 Å². The van der Waals surface area contributed by atoms with Gasteiger partial charge in [-0.1, -0.05) is 47.5 Å². The monoisotopic (exact) mass is 325 g/mol. The van der Waals surface area contributed by atoms with Gasteiger partial charge in [0.25, 0.3) is 0 Å². The minimum atomic E-state index is -0.789. The van der Waals surface area contributed by atoms with Crippen molar-refractivity contribution in [3.05, 3.63) is 63.6 Å². The maximum atomic E-state index is 10.7. The van der Waals surface area contributed by atoms with Gasteiger partial charge in [-0.2, -0.15) is 0 Å². The fourth-order valence-electron chi connectivity index (χ4n) is 2.32. The van der Waals surface area contributed by atoms with Gasteiger partial charge in [0.15, 0.2) is 0 Å². The first kappa shape index (κ1) is 16.1. The molecule has 0 radical (unpaired) electrons. The normalized spacial score (nSPS) is 13.8. The van der Waals surface area contributed by atoms with Crippen LogP contribution >= 0.6 is 23.2 Å². The zero-order valence-electron chi connectivity index (χ0n) is 11.6. The molecule has 21 heavy (non-hydrogen) atoms. The Morgan fingerprint density at radius 1 is 1.14 bits per heavy atom. The molecule has 0 aliphatic carbocycles. The lowest BCUT2D eigenvalue weighted by molar-refractivity contribution is 0.144. The van der Waals surface area contributed by atoms with Crippen LogP contribution in [0, 0.1) is 0 Å². The summed E-state index contributed by atoms with van der Waals surface area (Å²) in [4.78, 5) is 0. The third kappa shape index (κ3) is 3.50. The number of hydrogen-bond donors (Lipinski definition) is 2. The van der Waals surface area contributed by atoms with Crippen LogP contribution in [0.3, 0.4) is 0 Å². The summed E-state index contributed by atoms with van der Waals surface area (Å²) < 4.78 is 5.29. The predicted octanol–water partition coefficient (Wildman–Crippen LogP) is 3.78. The Morgan fingerprint density at radius 3 is 2.48 bits per heavy atom. The van der Waals surface area contributed by atoms with Crippen molar-refractivity contribution < 1.29 is 9.84 Å². The van der Waals surface area contributed by atoms with E-state index in [1.54, 1.807) is 25.3 Å². The summed E-state index contributed by atoms with van der Waals surface area (Å²) in [6, 6.07) is 12.6. The molecule has 0 saturated carbocycles. The maximum absolute atomic E-state index is 10.7. The number of methoxy groups -OCH3 is 1. The summed E-state index contributed by atoms with van der Waals surface area (Å²) in [6.45, 7) is 0.275. The quantitative estimate of drug-likeness (QED) is 0.879. The van der Waals surface area contributed by atoms with Gasteiger partial charge in [-0.3, -0.25) is 0 Å². The van der Waals surface area contributed by atoms with Crippen LogP contribution in [0.25, 0.3) is 0 Å². The van der Waals surface area contributed by atoms with Crippen LogP contribution < -0.4 is 10.5 Å². The van der Waals surface area contributed by atoms with E-state index in [4.69, 9.17) is 33.7 Å². The van der Waals surface area contributed by atoms with Gasteiger partial charge in [0.05, 0.1) is 23.3 Å². The number of halogens is 2. The van der Waals surface area contributed by atoms with Crippen LogP contribution in [0.2, 0.25) is 10.0 Å². The lowest BCUT2D eigenvalue weighted by Crippen LogP contribution is -2.20. The number of para-hydroxylation sites is 1. The molecule has 0 aromatic heterocycles. The van der Waals surface area contributed by atoms with E-state index in [0.717, 1.165) is 5.56 Å². The van der Waals surface area contributed by atoms with Gasteiger partial charge < -0.3 is 15.6 Å². The van der Waals surface area contributed by atoms with Gasteiger partial charge in [0.2, 0.25) is 0 Å². The number of aliphatic hydroxyl groups is 1. The molecule has 2 unspecified atom stereocenters. The Morgan fingerprint density at radius 2 is 1.86 bits per heavy atom. The van der Waals surface area contributed by atoms with Crippen molar-refractivity contribution in [3.8, 4) is 5.75 Å². The van der Waals surface area contributed by atoms with E-state index in [-0.39, 0.29) is 12.5 Å². The number of ether oxygens (including phenoxy) is 1. The van der Waals surface area contributed by atoms with Crippen molar-refractivity contribution in [2.75, 3.05) is 13.7 Å². The molecule has 0 fully saturated rings. The molecule has 0 aliphatic rings. The number of benzene rings is 2. The lowest BCUT2D eigenvalue weighted by atomic mass is 9.89. The smallest absolute Gasteiger partial charge is 0.124 e. The molecular weight excluding hydrogens is 309 g/mol. The van der Waals surface area contributed by atoms with Gasteiger partial charge in [-0.25, -0.2) is 0 Å². The molecule has 0 saturated heterocycles. The number of rotatable bonds is 5. The summed E-state index contributed by atoms with van der Waals surface area (Å²) in [5.41, 5.74) is 7.38. The summed E-state index contributed by atoms with van der Waals surface area (Å²) >= 11 is 12.0. The fourth-order valence-corrected chi connectivity index (χ4v) is 2.62. The van der Waals surface area contributed by atoms with Crippen molar-refractivity contribution in [1.29, 1.82) is 0 Å². The van der Waals surface area contributed by atoms with Crippen molar-refractivity contribution >= 4 is 23.2 Å². The average molecular weight is 326 g/mol. The van der Waals surface area contributed by atoms with Crippen molar-refractivity contribution in [1.82, 2.24) is 0 Å². The predicted molar refractivity (Wildman–Crippen MR) is 86.2 cm³/mol. The first-order valence-corrected chi connectivity index (χ1v) is 7.30. The van der Waals surface area contributed by atoms with E-state index >= 15 is 0 Å². The molecule has 2 aromatic carbocycles. The highest BCUT2D eigenvalue weighted by Crippen LogP contribution is 2.36. The third-order valence-corrected chi connectivity index (χ3v) is 4.20.